The Morgan fingerprint density at radius 3 is 1.89 bits per heavy atom. The molecule has 9 heavy (non-hydrogen) atoms. The first-order chi connectivity index (χ1) is 4.11. The fourth-order valence-corrected chi connectivity index (χ4v) is 4.92. The molecule has 1 heterocycles. The van der Waals surface area contributed by atoms with E-state index in [9.17, 15) is 8.42 Å². The molecule has 0 unspecified atom stereocenters. The zero-order chi connectivity index (χ0) is 6.91. The van der Waals surface area contributed by atoms with E-state index in [4.69, 9.17) is 4.55 Å². The van der Waals surface area contributed by atoms with Gasteiger partial charge in [-0.1, -0.05) is 0 Å². The molecule has 0 bridgehead atoms. The number of rotatable bonds is 1. The second-order valence-corrected chi connectivity index (χ2v) is 7.77. The minimum Gasteiger partial charge on any atom is -0.283 e. The normalized spacial score (nSPS) is 22.8. The van der Waals surface area contributed by atoms with Crippen molar-refractivity contribution in [2.24, 2.45) is 0 Å². The van der Waals surface area contributed by atoms with Crippen LogP contribution in [-0.4, -0.2) is 25.3 Å². The SMILES string of the molecule is O=S(=O)(O)P1CCCC1. The van der Waals surface area contributed by atoms with Crippen LogP contribution in [0.5, 0.6) is 0 Å². The highest BCUT2D eigenvalue weighted by Gasteiger charge is 2.25. The smallest absolute Gasteiger partial charge is 0.280 e. The second kappa shape index (κ2) is 2.52. The van der Waals surface area contributed by atoms with Crippen molar-refractivity contribution < 1.29 is 13.0 Å². The van der Waals surface area contributed by atoms with Gasteiger partial charge in [-0.3, -0.25) is 4.55 Å². The summed E-state index contributed by atoms with van der Waals surface area (Å²) in [5.74, 6) is 0. The third-order valence-electron chi connectivity index (χ3n) is 1.39. The fraction of sp³-hybridized carbons (Fsp3) is 1.00. The van der Waals surface area contributed by atoms with Crippen molar-refractivity contribution in [1.82, 2.24) is 0 Å². The van der Waals surface area contributed by atoms with E-state index in [0.29, 0.717) is 12.3 Å². The Morgan fingerprint density at radius 2 is 1.67 bits per heavy atom. The summed E-state index contributed by atoms with van der Waals surface area (Å²) in [6.07, 6.45) is 3.33. The maximum Gasteiger partial charge on any atom is 0.280 e. The van der Waals surface area contributed by atoms with Crippen molar-refractivity contribution in [3.63, 3.8) is 0 Å². The molecule has 0 saturated carbocycles. The van der Waals surface area contributed by atoms with E-state index in [1.807, 2.05) is 0 Å². The summed E-state index contributed by atoms with van der Waals surface area (Å²) in [6, 6.07) is 0. The van der Waals surface area contributed by atoms with Crippen LogP contribution >= 0.6 is 7.12 Å². The quantitative estimate of drug-likeness (QED) is 0.470. The Morgan fingerprint density at radius 1 is 1.22 bits per heavy atom. The van der Waals surface area contributed by atoms with Gasteiger partial charge in [0.15, 0.2) is 0 Å². The van der Waals surface area contributed by atoms with E-state index in [-0.39, 0.29) is 0 Å². The molecule has 1 N–H and O–H groups in total. The van der Waals surface area contributed by atoms with Gasteiger partial charge in [0, 0.05) is 7.12 Å². The minimum atomic E-state index is -3.64. The molecule has 1 fully saturated rings. The zero-order valence-corrected chi connectivity index (χ0v) is 6.66. The minimum absolute atomic E-state index is 0.703. The molecule has 0 aromatic heterocycles. The molecule has 3 nitrogen and oxygen atoms in total. The first-order valence-electron chi connectivity index (χ1n) is 2.83. The lowest BCUT2D eigenvalue weighted by Crippen LogP contribution is -1.94. The largest absolute Gasteiger partial charge is 0.283 e. The highest BCUT2D eigenvalue weighted by atomic mass is 32.8. The summed E-state index contributed by atoms with van der Waals surface area (Å²) in [5.41, 5.74) is 0. The van der Waals surface area contributed by atoms with Crippen molar-refractivity contribution in [1.29, 1.82) is 0 Å². The van der Waals surface area contributed by atoms with E-state index in [1.54, 1.807) is 0 Å². The average Bonchev–Trinajstić information content (AvgIpc) is 2.08. The summed E-state index contributed by atoms with van der Waals surface area (Å²) >= 11 is 0. The topological polar surface area (TPSA) is 54.4 Å². The molecule has 0 radical (unpaired) electrons. The Balaban J connectivity index is 2.63. The summed E-state index contributed by atoms with van der Waals surface area (Å²) in [7, 11) is -4.70. The Kier molecular flexibility index (Phi) is 2.09. The summed E-state index contributed by atoms with van der Waals surface area (Å²) in [4.78, 5) is 0. The van der Waals surface area contributed by atoms with Gasteiger partial charge in [0.2, 0.25) is 0 Å². The predicted molar refractivity (Wildman–Crippen MR) is 37.4 cm³/mol. The molecule has 1 aliphatic rings. The van der Waals surface area contributed by atoms with Crippen LogP contribution in [0.4, 0.5) is 0 Å². The van der Waals surface area contributed by atoms with Gasteiger partial charge in [0.25, 0.3) is 9.74 Å². The predicted octanol–water partition coefficient (Wildman–Crippen LogP) is 1.06. The fourth-order valence-electron chi connectivity index (χ4n) is 0.919. The molecule has 0 amide bonds. The van der Waals surface area contributed by atoms with Gasteiger partial charge in [-0.05, 0) is 25.2 Å². The van der Waals surface area contributed by atoms with E-state index in [0.717, 1.165) is 12.8 Å². The summed E-state index contributed by atoms with van der Waals surface area (Å²) in [5, 5.41) is 0. The van der Waals surface area contributed by atoms with Crippen LogP contribution < -0.4 is 0 Å². The molecule has 1 aliphatic heterocycles. The van der Waals surface area contributed by atoms with Gasteiger partial charge < -0.3 is 0 Å². The second-order valence-electron chi connectivity index (χ2n) is 2.08. The van der Waals surface area contributed by atoms with Crippen molar-refractivity contribution >= 4 is 16.9 Å². The zero-order valence-electron chi connectivity index (χ0n) is 4.95. The van der Waals surface area contributed by atoms with Crippen LogP contribution in [0.25, 0.3) is 0 Å². The van der Waals surface area contributed by atoms with Crippen molar-refractivity contribution in [2.75, 3.05) is 12.3 Å². The first-order valence-corrected chi connectivity index (χ1v) is 6.59. The van der Waals surface area contributed by atoms with Crippen molar-refractivity contribution in [3.8, 4) is 0 Å². The molecule has 5 heteroatoms. The van der Waals surface area contributed by atoms with Gasteiger partial charge >= 0.3 is 0 Å². The molecule has 54 valence electrons. The van der Waals surface area contributed by atoms with Gasteiger partial charge in [0.1, 0.15) is 0 Å². The molecule has 0 aromatic carbocycles. The highest BCUT2D eigenvalue weighted by Crippen LogP contribution is 2.48. The molecule has 1 saturated heterocycles. The maximum absolute atomic E-state index is 10.4. The Labute approximate surface area is 55.7 Å². The lowest BCUT2D eigenvalue weighted by Gasteiger charge is -2.01. The van der Waals surface area contributed by atoms with E-state index >= 15 is 0 Å². The average molecular weight is 168 g/mol. The summed E-state index contributed by atoms with van der Waals surface area (Å²) < 4.78 is 29.4. The summed E-state index contributed by atoms with van der Waals surface area (Å²) in [6.45, 7) is 0. The van der Waals surface area contributed by atoms with Gasteiger partial charge in [-0.2, -0.15) is 8.42 Å². The lowest BCUT2D eigenvalue weighted by molar-refractivity contribution is 0.501. The Bertz CT molecular complexity index is 180. The molecular weight excluding hydrogens is 159 g/mol. The monoisotopic (exact) mass is 168 g/mol. The van der Waals surface area contributed by atoms with Crippen LogP contribution in [0.3, 0.4) is 0 Å². The maximum atomic E-state index is 10.4. The van der Waals surface area contributed by atoms with Gasteiger partial charge in [-0.25, -0.2) is 0 Å². The molecule has 0 atom stereocenters. The number of hydrogen-bond acceptors (Lipinski definition) is 2. The third kappa shape index (κ3) is 1.88. The van der Waals surface area contributed by atoms with Crippen molar-refractivity contribution in [2.45, 2.75) is 12.8 Å². The molecule has 0 aliphatic carbocycles. The first kappa shape index (κ1) is 7.45. The molecular formula is C4H9O3PS. The van der Waals surface area contributed by atoms with E-state index in [1.165, 1.54) is 0 Å². The molecule has 0 spiro atoms. The van der Waals surface area contributed by atoms with Crippen LogP contribution in [0.1, 0.15) is 12.8 Å². The molecule has 1 rings (SSSR count). The van der Waals surface area contributed by atoms with Crippen LogP contribution in [0.15, 0.2) is 0 Å². The lowest BCUT2D eigenvalue weighted by atomic mass is 10.4. The van der Waals surface area contributed by atoms with Crippen LogP contribution in [0.2, 0.25) is 0 Å². The van der Waals surface area contributed by atoms with Gasteiger partial charge in [0.05, 0.1) is 0 Å². The van der Waals surface area contributed by atoms with E-state index < -0.39 is 16.9 Å². The van der Waals surface area contributed by atoms with Gasteiger partial charge in [-0.15, -0.1) is 0 Å². The van der Waals surface area contributed by atoms with Crippen LogP contribution in [-0.2, 0) is 9.74 Å². The standard InChI is InChI=1S/C4H9O3PS/c5-9(6,7)8-3-1-2-4-8/h1-4H2,(H,5,6,7). The molecule has 0 aromatic rings. The Hall–Kier alpha value is 0.340. The number of hydrogen-bond donors (Lipinski definition) is 1. The third-order valence-corrected chi connectivity index (χ3v) is 6.73. The van der Waals surface area contributed by atoms with Crippen molar-refractivity contribution in [3.05, 3.63) is 0 Å². The van der Waals surface area contributed by atoms with Crippen LogP contribution in [0, 0.1) is 0 Å². The van der Waals surface area contributed by atoms with E-state index in [2.05, 4.69) is 0 Å². The highest BCUT2D eigenvalue weighted by molar-refractivity contribution is 8.47.